The predicted octanol–water partition coefficient (Wildman–Crippen LogP) is 2.06. The van der Waals surface area contributed by atoms with Crippen LogP contribution in [0.5, 0.6) is 5.75 Å². The number of hydrogen-bond donors (Lipinski definition) is 2. The first-order valence-corrected chi connectivity index (χ1v) is 5.95. The monoisotopic (exact) mass is 298 g/mol. The Morgan fingerprint density at radius 3 is 2.65 bits per heavy atom. The lowest BCUT2D eigenvalue weighted by atomic mass is 10.3. The number of rotatable bonds is 6. The summed E-state index contributed by atoms with van der Waals surface area (Å²) in [6, 6.07) is 7.05. The zero-order valence-electron chi connectivity index (χ0n) is 9.41. The first-order valence-electron chi connectivity index (χ1n) is 5.16. The van der Waals surface area contributed by atoms with Crippen LogP contribution >= 0.6 is 15.9 Å². The third-order valence-electron chi connectivity index (χ3n) is 1.96. The molecule has 1 amide bonds. The van der Waals surface area contributed by atoms with E-state index >= 15 is 0 Å². The molecule has 5 heteroatoms. The van der Waals surface area contributed by atoms with Gasteiger partial charge in [0.25, 0.3) is 0 Å². The maximum absolute atomic E-state index is 11.3. The number of anilines is 1. The molecule has 0 aliphatic carbocycles. The quantitative estimate of drug-likeness (QED) is 0.790. The average Bonchev–Trinajstić information content (AvgIpc) is 2.29. The molecule has 0 unspecified atom stereocenters. The first-order chi connectivity index (χ1) is 8.08. The van der Waals surface area contributed by atoms with Gasteiger partial charge in [-0.3, -0.25) is 4.79 Å². The van der Waals surface area contributed by atoms with Crippen molar-refractivity contribution in [3.8, 4) is 5.75 Å². The van der Waals surface area contributed by atoms with E-state index in [1.807, 2.05) is 0 Å². The van der Waals surface area contributed by atoms with Crippen LogP contribution in [0.25, 0.3) is 0 Å². The summed E-state index contributed by atoms with van der Waals surface area (Å²) in [6.07, 6.45) is 0.310. The Hall–Kier alpha value is -1.49. The summed E-state index contributed by atoms with van der Waals surface area (Å²) >= 11 is 3.16. The fraction of sp³-hybridized carbons (Fsp3) is 0.250. The van der Waals surface area contributed by atoms with Gasteiger partial charge in [-0.05, 0) is 24.3 Å². The van der Waals surface area contributed by atoms with Gasteiger partial charge >= 0.3 is 0 Å². The molecule has 0 fully saturated rings. The lowest BCUT2D eigenvalue weighted by molar-refractivity contribution is -0.121. The van der Waals surface area contributed by atoms with Crippen molar-refractivity contribution in [1.82, 2.24) is 5.32 Å². The predicted molar refractivity (Wildman–Crippen MR) is 72.0 cm³/mol. The summed E-state index contributed by atoms with van der Waals surface area (Å²) in [5, 5.41) is 2.69. The van der Waals surface area contributed by atoms with Crippen molar-refractivity contribution in [2.24, 2.45) is 0 Å². The maximum atomic E-state index is 11.3. The van der Waals surface area contributed by atoms with Gasteiger partial charge in [0.1, 0.15) is 5.75 Å². The van der Waals surface area contributed by atoms with E-state index in [0.29, 0.717) is 31.0 Å². The molecule has 0 aliphatic rings. The van der Waals surface area contributed by atoms with Crippen LogP contribution in [0.3, 0.4) is 0 Å². The van der Waals surface area contributed by atoms with Gasteiger partial charge in [-0.2, -0.15) is 0 Å². The van der Waals surface area contributed by atoms with Crippen LogP contribution in [0, 0.1) is 0 Å². The van der Waals surface area contributed by atoms with Crippen LogP contribution in [0.4, 0.5) is 5.69 Å². The maximum Gasteiger partial charge on any atom is 0.223 e. The highest BCUT2D eigenvalue weighted by Crippen LogP contribution is 2.13. The molecule has 3 N–H and O–H groups in total. The molecule has 17 heavy (non-hydrogen) atoms. The molecule has 0 aromatic heterocycles. The molecule has 4 nitrogen and oxygen atoms in total. The van der Waals surface area contributed by atoms with Gasteiger partial charge in [-0.25, -0.2) is 0 Å². The summed E-state index contributed by atoms with van der Waals surface area (Å²) in [6.45, 7) is 4.39. The number of ether oxygens (including phenoxy) is 1. The van der Waals surface area contributed by atoms with Crippen molar-refractivity contribution in [3.05, 3.63) is 35.3 Å². The zero-order valence-corrected chi connectivity index (χ0v) is 11.0. The van der Waals surface area contributed by atoms with Crippen LogP contribution in [-0.4, -0.2) is 19.1 Å². The second kappa shape index (κ2) is 6.96. The van der Waals surface area contributed by atoms with Crippen LogP contribution in [-0.2, 0) is 4.79 Å². The summed E-state index contributed by atoms with van der Waals surface area (Å²) in [4.78, 5) is 11.3. The normalized spacial score (nSPS) is 9.71. The molecule has 92 valence electrons. The minimum atomic E-state index is -0.0685. The van der Waals surface area contributed by atoms with Crippen molar-refractivity contribution in [2.75, 3.05) is 18.9 Å². The van der Waals surface area contributed by atoms with Gasteiger partial charge in [0.15, 0.2) is 0 Å². The van der Waals surface area contributed by atoms with E-state index in [1.54, 1.807) is 24.3 Å². The van der Waals surface area contributed by atoms with Gasteiger partial charge < -0.3 is 15.8 Å². The molecule has 0 radical (unpaired) electrons. The topological polar surface area (TPSA) is 64.3 Å². The number of carbonyl (C=O) groups is 1. The number of carbonyl (C=O) groups excluding carboxylic acids is 1. The van der Waals surface area contributed by atoms with Gasteiger partial charge in [-0.1, -0.05) is 22.5 Å². The van der Waals surface area contributed by atoms with Crippen molar-refractivity contribution in [3.63, 3.8) is 0 Å². The molecule has 1 aromatic rings. The van der Waals surface area contributed by atoms with E-state index in [-0.39, 0.29) is 5.91 Å². The summed E-state index contributed by atoms with van der Waals surface area (Å²) < 4.78 is 6.13. The number of nitrogen functional groups attached to an aromatic ring is 1. The molecule has 0 saturated carbocycles. The lowest BCUT2D eigenvalue weighted by Gasteiger charge is -2.07. The van der Waals surface area contributed by atoms with Crippen molar-refractivity contribution < 1.29 is 9.53 Å². The van der Waals surface area contributed by atoms with E-state index in [2.05, 4.69) is 27.8 Å². The number of halogens is 1. The van der Waals surface area contributed by atoms with E-state index < -0.39 is 0 Å². The van der Waals surface area contributed by atoms with Crippen LogP contribution in [0.2, 0.25) is 0 Å². The number of amides is 1. The number of nitrogens with two attached hydrogens (primary N) is 1. The third-order valence-corrected chi connectivity index (χ3v) is 2.24. The Labute approximate surface area is 109 Å². The minimum absolute atomic E-state index is 0.0685. The van der Waals surface area contributed by atoms with Crippen molar-refractivity contribution in [1.29, 1.82) is 0 Å². The van der Waals surface area contributed by atoms with Gasteiger partial charge in [-0.15, -0.1) is 0 Å². The zero-order chi connectivity index (χ0) is 12.7. The summed E-state index contributed by atoms with van der Waals surface area (Å²) in [5.74, 6) is 0.637. The smallest absolute Gasteiger partial charge is 0.223 e. The van der Waals surface area contributed by atoms with Gasteiger partial charge in [0.2, 0.25) is 5.91 Å². The standard InChI is InChI=1S/C12H15BrN2O2/c1-9(13)8-15-12(16)6-7-17-11-4-2-10(14)3-5-11/h2-5H,1,6-8,14H2,(H,15,16). The molecule has 1 aromatic carbocycles. The third kappa shape index (κ3) is 5.97. The van der Waals surface area contributed by atoms with E-state index in [9.17, 15) is 4.79 Å². The highest BCUT2D eigenvalue weighted by atomic mass is 79.9. The Kier molecular flexibility index (Phi) is 5.56. The van der Waals surface area contributed by atoms with Crippen molar-refractivity contribution >= 4 is 27.5 Å². The molecule has 0 saturated heterocycles. The van der Waals surface area contributed by atoms with Gasteiger partial charge in [0, 0.05) is 16.7 Å². The second-order valence-corrected chi connectivity index (χ2v) is 4.58. The van der Waals surface area contributed by atoms with E-state index in [1.165, 1.54) is 0 Å². The highest BCUT2D eigenvalue weighted by molar-refractivity contribution is 9.11. The fourth-order valence-corrected chi connectivity index (χ4v) is 1.25. The molecular weight excluding hydrogens is 284 g/mol. The molecule has 0 aliphatic heterocycles. The summed E-state index contributed by atoms with van der Waals surface area (Å²) in [7, 11) is 0. The van der Waals surface area contributed by atoms with Gasteiger partial charge in [0.05, 0.1) is 13.0 Å². The fourth-order valence-electron chi connectivity index (χ4n) is 1.11. The highest BCUT2D eigenvalue weighted by Gasteiger charge is 2.01. The number of nitrogens with one attached hydrogen (secondary N) is 1. The van der Waals surface area contributed by atoms with E-state index in [4.69, 9.17) is 10.5 Å². The largest absolute Gasteiger partial charge is 0.493 e. The van der Waals surface area contributed by atoms with Crippen LogP contribution in [0.1, 0.15) is 6.42 Å². The Balaban J connectivity index is 2.21. The summed E-state index contributed by atoms with van der Waals surface area (Å²) in [5.41, 5.74) is 6.23. The minimum Gasteiger partial charge on any atom is -0.493 e. The second-order valence-electron chi connectivity index (χ2n) is 3.46. The first kappa shape index (κ1) is 13.6. The molecule has 0 heterocycles. The Morgan fingerprint density at radius 1 is 1.41 bits per heavy atom. The van der Waals surface area contributed by atoms with Crippen molar-refractivity contribution in [2.45, 2.75) is 6.42 Å². The SMILES string of the molecule is C=C(Br)CNC(=O)CCOc1ccc(N)cc1. The number of hydrogen-bond acceptors (Lipinski definition) is 3. The molecule has 0 bridgehead atoms. The Morgan fingerprint density at radius 2 is 2.06 bits per heavy atom. The lowest BCUT2D eigenvalue weighted by Crippen LogP contribution is -2.25. The molecule has 1 rings (SSSR count). The number of benzene rings is 1. The molecule has 0 atom stereocenters. The average molecular weight is 299 g/mol. The van der Waals surface area contributed by atoms with Crippen LogP contribution < -0.4 is 15.8 Å². The van der Waals surface area contributed by atoms with E-state index in [0.717, 1.165) is 4.48 Å². The molecule has 0 spiro atoms. The Bertz CT molecular complexity index is 390. The molecular formula is C12H15BrN2O2. The van der Waals surface area contributed by atoms with Crippen LogP contribution in [0.15, 0.2) is 35.3 Å².